The Hall–Kier alpha value is -0.673. The summed E-state index contributed by atoms with van der Waals surface area (Å²) in [5.74, 6) is 0.0259. The van der Waals surface area contributed by atoms with Crippen LogP contribution in [0.15, 0.2) is 22.9 Å². The van der Waals surface area contributed by atoms with Gasteiger partial charge in [0.25, 0.3) is 0 Å². The number of hydrogen-bond donors (Lipinski definition) is 1. The number of aliphatic hydroxyl groups excluding tert-OH is 1. The SMILES string of the molecule is C=C1C(=O)C([Si](C)(C)C)=C2CC(C)(C)C(O)C12. The zero-order valence-corrected chi connectivity index (χ0v) is 12.4. The smallest absolute Gasteiger partial charge is 0.181 e. The molecule has 1 fully saturated rings. The molecule has 1 saturated carbocycles. The summed E-state index contributed by atoms with van der Waals surface area (Å²) >= 11 is 0. The molecule has 94 valence electrons. The number of aliphatic hydroxyl groups is 1. The van der Waals surface area contributed by atoms with Crippen molar-refractivity contribution >= 4 is 13.9 Å². The molecule has 0 spiro atoms. The highest BCUT2D eigenvalue weighted by Crippen LogP contribution is 2.54. The average Bonchev–Trinajstić information content (AvgIpc) is 2.48. The van der Waals surface area contributed by atoms with Crippen molar-refractivity contribution in [1.82, 2.24) is 0 Å². The average molecular weight is 250 g/mol. The van der Waals surface area contributed by atoms with Crippen molar-refractivity contribution in [3.8, 4) is 0 Å². The van der Waals surface area contributed by atoms with E-state index in [1.165, 1.54) is 5.57 Å². The van der Waals surface area contributed by atoms with Crippen LogP contribution in [0.2, 0.25) is 19.6 Å². The molecule has 2 unspecified atom stereocenters. The van der Waals surface area contributed by atoms with Crippen LogP contribution in [-0.4, -0.2) is 25.1 Å². The van der Waals surface area contributed by atoms with Gasteiger partial charge < -0.3 is 5.11 Å². The third kappa shape index (κ3) is 1.67. The first-order valence-electron chi connectivity index (χ1n) is 6.22. The highest BCUT2D eigenvalue weighted by Gasteiger charge is 2.53. The lowest BCUT2D eigenvalue weighted by molar-refractivity contribution is -0.112. The van der Waals surface area contributed by atoms with Gasteiger partial charge in [-0.15, -0.1) is 0 Å². The van der Waals surface area contributed by atoms with E-state index < -0.39 is 14.2 Å². The van der Waals surface area contributed by atoms with E-state index in [4.69, 9.17) is 0 Å². The van der Waals surface area contributed by atoms with Gasteiger partial charge in [-0.2, -0.15) is 0 Å². The molecule has 0 aliphatic heterocycles. The fraction of sp³-hybridized carbons (Fsp3) is 0.643. The monoisotopic (exact) mass is 250 g/mol. The van der Waals surface area contributed by atoms with E-state index in [2.05, 4.69) is 40.1 Å². The molecule has 2 nitrogen and oxygen atoms in total. The molecule has 0 radical (unpaired) electrons. The third-order valence-corrected chi connectivity index (χ3v) is 6.15. The summed E-state index contributed by atoms with van der Waals surface area (Å²) in [6, 6.07) is 0. The molecule has 2 aliphatic rings. The lowest BCUT2D eigenvalue weighted by Crippen LogP contribution is -2.31. The number of carbonyl (C=O) groups excluding carboxylic acids is 1. The molecule has 2 rings (SSSR count). The standard InChI is InChI=1S/C14H22O2Si/c1-8-10-9(7-14(2,3)13(10)16)12(11(8)15)17(4,5)6/h10,13,16H,1,7H2,2-6H3. The zero-order chi connectivity index (χ0) is 13.2. The summed E-state index contributed by atoms with van der Waals surface area (Å²) in [6.07, 6.45) is 0.381. The van der Waals surface area contributed by atoms with Gasteiger partial charge in [-0.3, -0.25) is 4.79 Å². The quantitative estimate of drug-likeness (QED) is 0.574. The topological polar surface area (TPSA) is 37.3 Å². The Labute approximate surface area is 104 Å². The Bertz CT molecular complexity index is 438. The maximum Gasteiger partial charge on any atom is 0.181 e. The van der Waals surface area contributed by atoms with E-state index in [-0.39, 0.29) is 17.1 Å². The van der Waals surface area contributed by atoms with Crippen molar-refractivity contribution in [3.05, 3.63) is 22.9 Å². The van der Waals surface area contributed by atoms with Gasteiger partial charge >= 0.3 is 0 Å². The second kappa shape index (κ2) is 3.42. The van der Waals surface area contributed by atoms with Crippen molar-refractivity contribution in [2.24, 2.45) is 11.3 Å². The Kier molecular flexibility index (Phi) is 2.57. The number of hydrogen-bond acceptors (Lipinski definition) is 2. The highest BCUT2D eigenvalue weighted by atomic mass is 28.3. The zero-order valence-electron chi connectivity index (χ0n) is 11.4. The molecule has 17 heavy (non-hydrogen) atoms. The van der Waals surface area contributed by atoms with Gasteiger partial charge in [-0.25, -0.2) is 0 Å². The van der Waals surface area contributed by atoms with Crippen molar-refractivity contribution in [3.63, 3.8) is 0 Å². The van der Waals surface area contributed by atoms with Crippen LogP contribution in [0.3, 0.4) is 0 Å². The predicted molar refractivity (Wildman–Crippen MR) is 72.4 cm³/mol. The van der Waals surface area contributed by atoms with Gasteiger partial charge in [0.2, 0.25) is 0 Å². The lowest BCUT2D eigenvalue weighted by Gasteiger charge is -2.25. The van der Waals surface area contributed by atoms with Crippen LogP contribution in [-0.2, 0) is 4.79 Å². The van der Waals surface area contributed by atoms with Crippen LogP contribution in [0.1, 0.15) is 20.3 Å². The van der Waals surface area contributed by atoms with Gasteiger partial charge in [0.05, 0.1) is 14.2 Å². The summed E-state index contributed by atoms with van der Waals surface area (Å²) in [5.41, 5.74) is 1.68. The molecule has 3 heteroatoms. The van der Waals surface area contributed by atoms with Crippen LogP contribution in [0.5, 0.6) is 0 Å². The van der Waals surface area contributed by atoms with Crippen molar-refractivity contribution in [2.75, 3.05) is 0 Å². The number of carbonyl (C=O) groups is 1. The molecule has 1 N–H and O–H groups in total. The van der Waals surface area contributed by atoms with E-state index in [0.29, 0.717) is 5.57 Å². The number of allylic oxidation sites excluding steroid dienone is 1. The van der Waals surface area contributed by atoms with Crippen molar-refractivity contribution in [1.29, 1.82) is 0 Å². The van der Waals surface area contributed by atoms with Crippen LogP contribution < -0.4 is 0 Å². The maximum atomic E-state index is 12.3. The third-order valence-electron chi connectivity index (χ3n) is 4.10. The molecular weight excluding hydrogens is 228 g/mol. The molecule has 0 aromatic rings. The minimum absolute atomic E-state index is 0.0979. The Morgan fingerprint density at radius 2 is 1.88 bits per heavy atom. The summed E-state index contributed by atoms with van der Waals surface area (Å²) in [6.45, 7) is 14.7. The van der Waals surface area contributed by atoms with E-state index in [1.807, 2.05) is 0 Å². The Balaban J connectivity index is 2.59. The summed E-state index contributed by atoms with van der Waals surface area (Å²) in [5, 5.41) is 11.4. The van der Waals surface area contributed by atoms with Crippen LogP contribution in [0.25, 0.3) is 0 Å². The van der Waals surface area contributed by atoms with E-state index >= 15 is 0 Å². The van der Waals surface area contributed by atoms with Crippen LogP contribution in [0.4, 0.5) is 0 Å². The first kappa shape index (κ1) is 12.8. The molecule has 2 atom stereocenters. The highest BCUT2D eigenvalue weighted by molar-refractivity contribution is 6.88. The second-order valence-electron chi connectivity index (χ2n) is 7.09. The van der Waals surface area contributed by atoms with Gasteiger partial charge in [0, 0.05) is 11.5 Å². The van der Waals surface area contributed by atoms with Crippen LogP contribution in [0, 0.1) is 11.3 Å². The number of ketones is 1. The molecule has 0 bridgehead atoms. The maximum absolute atomic E-state index is 12.3. The first-order chi connectivity index (χ1) is 7.57. The number of Topliss-reactive ketones (excluding diaryl/α,β-unsaturated/α-hetero) is 1. The van der Waals surface area contributed by atoms with E-state index in [9.17, 15) is 9.90 Å². The van der Waals surface area contributed by atoms with Crippen molar-refractivity contribution in [2.45, 2.75) is 46.0 Å². The molecule has 0 amide bonds. The lowest BCUT2D eigenvalue weighted by atomic mass is 9.85. The van der Waals surface area contributed by atoms with Gasteiger partial charge in [-0.05, 0) is 17.0 Å². The molecular formula is C14H22O2Si. The van der Waals surface area contributed by atoms with E-state index in [1.54, 1.807) is 0 Å². The summed E-state index contributed by atoms with van der Waals surface area (Å²) in [7, 11) is -1.65. The first-order valence-corrected chi connectivity index (χ1v) is 9.72. The number of fused-ring (bicyclic) bond motifs is 1. The normalized spacial score (nSPS) is 32.4. The van der Waals surface area contributed by atoms with Crippen molar-refractivity contribution < 1.29 is 9.90 Å². The minimum atomic E-state index is -1.65. The van der Waals surface area contributed by atoms with E-state index in [0.717, 1.165) is 11.6 Å². The summed E-state index contributed by atoms with van der Waals surface area (Å²) < 4.78 is 0. The predicted octanol–water partition coefficient (Wildman–Crippen LogP) is 2.71. The van der Waals surface area contributed by atoms with Gasteiger partial charge in [0.15, 0.2) is 5.78 Å². The van der Waals surface area contributed by atoms with Crippen LogP contribution >= 0.6 is 0 Å². The summed E-state index contributed by atoms with van der Waals surface area (Å²) in [4.78, 5) is 12.3. The minimum Gasteiger partial charge on any atom is -0.392 e. The number of rotatable bonds is 1. The van der Waals surface area contributed by atoms with Gasteiger partial charge in [0.1, 0.15) is 0 Å². The second-order valence-corrected chi connectivity index (χ2v) is 12.1. The molecule has 2 aliphatic carbocycles. The molecule has 0 saturated heterocycles. The molecule has 0 heterocycles. The van der Waals surface area contributed by atoms with Gasteiger partial charge in [-0.1, -0.05) is 45.6 Å². The fourth-order valence-corrected chi connectivity index (χ4v) is 5.31. The largest absolute Gasteiger partial charge is 0.392 e. The molecule has 0 aromatic carbocycles. The Morgan fingerprint density at radius 3 is 2.35 bits per heavy atom. The molecule has 0 aromatic heterocycles. The fourth-order valence-electron chi connectivity index (χ4n) is 3.26. The Morgan fingerprint density at radius 1 is 1.35 bits per heavy atom.